The van der Waals surface area contributed by atoms with E-state index in [0.717, 1.165) is 38.9 Å². The maximum atomic E-state index is 12.4. The molecule has 1 fully saturated rings. The Morgan fingerprint density at radius 1 is 0.848 bits per heavy atom. The summed E-state index contributed by atoms with van der Waals surface area (Å²) in [5, 5.41) is 0. The quantitative estimate of drug-likeness (QED) is 0.501. The maximum absolute atomic E-state index is 12.4. The predicted octanol–water partition coefficient (Wildman–Crippen LogP) is 3.91. The highest BCUT2D eigenvalue weighted by Gasteiger charge is 2.45. The van der Waals surface area contributed by atoms with Gasteiger partial charge in [-0.3, -0.25) is 4.79 Å². The van der Waals surface area contributed by atoms with Crippen LogP contribution in [-0.4, -0.2) is 37.0 Å². The number of hydrogen-bond acceptors (Lipinski definition) is 3. The lowest BCUT2D eigenvalue weighted by Crippen LogP contribution is -2.42. The molecule has 172 valence electrons. The monoisotopic (exact) mass is 441 g/mol. The van der Waals surface area contributed by atoms with Crippen molar-refractivity contribution in [2.45, 2.75) is 31.1 Å². The lowest BCUT2D eigenvalue weighted by atomic mass is 9.63. The van der Waals surface area contributed by atoms with Crippen LogP contribution in [0.1, 0.15) is 35.1 Å². The van der Waals surface area contributed by atoms with Crippen LogP contribution >= 0.6 is 0 Å². The summed E-state index contributed by atoms with van der Waals surface area (Å²) in [6.07, 6.45) is 3.32. The van der Waals surface area contributed by atoms with Gasteiger partial charge in [0, 0.05) is 24.9 Å². The molecule has 1 unspecified atom stereocenters. The molecule has 0 radical (unpaired) electrons. The maximum Gasteiger partial charge on any atom is 0.218 e. The average Bonchev–Trinajstić information content (AvgIpc) is 3.33. The molecule has 1 amide bonds. The summed E-state index contributed by atoms with van der Waals surface area (Å²) in [5.74, 6) is 0.0699. The fourth-order valence-corrected chi connectivity index (χ4v) is 5.50. The van der Waals surface area contributed by atoms with Crippen molar-refractivity contribution >= 4 is 5.91 Å². The van der Waals surface area contributed by atoms with E-state index in [1.54, 1.807) is 0 Å². The highest BCUT2D eigenvalue weighted by molar-refractivity contribution is 5.77. The summed E-state index contributed by atoms with van der Waals surface area (Å²) in [4.78, 5) is 14.9. The molecule has 0 aromatic heterocycles. The normalized spacial score (nSPS) is 16.7. The molecular formula is C29H35N3O. The highest BCUT2D eigenvalue weighted by atomic mass is 16.1. The summed E-state index contributed by atoms with van der Waals surface area (Å²) in [7, 11) is 0. The number of benzene rings is 3. The van der Waals surface area contributed by atoms with Gasteiger partial charge in [0.25, 0.3) is 0 Å². The van der Waals surface area contributed by atoms with Gasteiger partial charge >= 0.3 is 0 Å². The average molecular weight is 442 g/mol. The first-order valence-electron chi connectivity index (χ1n) is 12.0. The Balaban J connectivity index is 1.55. The van der Waals surface area contributed by atoms with Crippen LogP contribution in [0.2, 0.25) is 0 Å². The van der Waals surface area contributed by atoms with Gasteiger partial charge < -0.3 is 16.4 Å². The fraction of sp³-hybridized carbons (Fsp3) is 0.345. The number of likely N-dealkylation sites (tertiary alicyclic amines) is 1. The molecule has 1 atom stereocenters. The van der Waals surface area contributed by atoms with Gasteiger partial charge in [-0.25, -0.2) is 0 Å². The molecule has 1 heterocycles. The molecule has 0 saturated carbocycles. The molecule has 0 aliphatic carbocycles. The summed E-state index contributed by atoms with van der Waals surface area (Å²) in [5.41, 5.74) is 16.1. The van der Waals surface area contributed by atoms with E-state index in [9.17, 15) is 4.79 Å². The Labute approximate surface area is 197 Å². The standard InChI is InChI=1S/C29H35N3O/c30-18-15-23-11-13-24(14-12-23)16-19-32-20-17-27(22-32)29(21-28(31)33,25-7-3-1-4-8-25)26-9-5-2-6-10-26/h1-14,27H,15-22,30H2,(H2,31,33). The third kappa shape index (κ3) is 5.35. The number of amides is 1. The van der Waals surface area contributed by atoms with Crippen LogP contribution in [-0.2, 0) is 23.1 Å². The molecule has 3 aromatic carbocycles. The Hall–Kier alpha value is -2.95. The van der Waals surface area contributed by atoms with Crippen molar-refractivity contribution in [2.24, 2.45) is 17.4 Å². The lowest BCUT2D eigenvalue weighted by molar-refractivity contribution is -0.119. The number of nitrogens with two attached hydrogens (primary N) is 2. The zero-order valence-corrected chi connectivity index (χ0v) is 19.3. The molecule has 0 spiro atoms. The minimum Gasteiger partial charge on any atom is -0.370 e. The number of carbonyl (C=O) groups is 1. The Kier molecular flexibility index (Phi) is 7.58. The summed E-state index contributed by atoms with van der Waals surface area (Å²) >= 11 is 0. The lowest BCUT2D eigenvalue weighted by Gasteiger charge is -2.40. The minimum atomic E-state index is -0.410. The van der Waals surface area contributed by atoms with E-state index in [2.05, 4.69) is 77.7 Å². The van der Waals surface area contributed by atoms with Crippen LogP contribution in [0.15, 0.2) is 84.9 Å². The van der Waals surface area contributed by atoms with Crippen LogP contribution in [0.4, 0.5) is 0 Å². The molecule has 1 aliphatic rings. The zero-order chi connectivity index (χ0) is 23.1. The predicted molar refractivity (Wildman–Crippen MR) is 135 cm³/mol. The van der Waals surface area contributed by atoms with E-state index >= 15 is 0 Å². The van der Waals surface area contributed by atoms with E-state index in [1.807, 2.05) is 12.1 Å². The molecule has 4 rings (SSSR count). The fourth-order valence-electron chi connectivity index (χ4n) is 5.50. The van der Waals surface area contributed by atoms with E-state index in [4.69, 9.17) is 11.5 Å². The second-order valence-electron chi connectivity index (χ2n) is 9.24. The van der Waals surface area contributed by atoms with Crippen molar-refractivity contribution in [2.75, 3.05) is 26.2 Å². The topological polar surface area (TPSA) is 72.3 Å². The summed E-state index contributed by atoms with van der Waals surface area (Å²) < 4.78 is 0. The molecule has 0 bridgehead atoms. The van der Waals surface area contributed by atoms with E-state index in [1.165, 1.54) is 22.3 Å². The van der Waals surface area contributed by atoms with Crippen molar-refractivity contribution < 1.29 is 4.79 Å². The van der Waals surface area contributed by atoms with Gasteiger partial charge in [-0.15, -0.1) is 0 Å². The van der Waals surface area contributed by atoms with Crippen LogP contribution < -0.4 is 11.5 Å². The van der Waals surface area contributed by atoms with Gasteiger partial charge in [0.2, 0.25) is 5.91 Å². The van der Waals surface area contributed by atoms with Gasteiger partial charge in [0.05, 0.1) is 0 Å². The second kappa shape index (κ2) is 10.8. The number of nitrogens with zero attached hydrogens (tertiary/aromatic N) is 1. The molecule has 4 heteroatoms. The molecule has 33 heavy (non-hydrogen) atoms. The smallest absolute Gasteiger partial charge is 0.218 e. The molecule has 1 saturated heterocycles. The Bertz CT molecular complexity index is 978. The van der Waals surface area contributed by atoms with Crippen LogP contribution in [0.3, 0.4) is 0 Å². The van der Waals surface area contributed by atoms with Crippen molar-refractivity contribution in [3.8, 4) is 0 Å². The van der Waals surface area contributed by atoms with Gasteiger partial charge in [-0.1, -0.05) is 84.9 Å². The molecule has 1 aliphatic heterocycles. The highest BCUT2D eigenvalue weighted by Crippen LogP contribution is 2.46. The number of carbonyl (C=O) groups excluding carboxylic acids is 1. The van der Waals surface area contributed by atoms with Gasteiger partial charge in [0.15, 0.2) is 0 Å². The molecule has 4 N–H and O–H groups in total. The van der Waals surface area contributed by atoms with E-state index in [0.29, 0.717) is 18.9 Å². The first-order valence-corrected chi connectivity index (χ1v) is 12.0. The zero-order valence-electron chi connectivity index (χ0n) is 19.3. The largest absolute Gasteiger partial charge is 0.370 e. The number of rotatable bonds is 10. The molecule has 4 nitrogen and oxygen atoms in total. The van der Waals surface area contributed by atoms with Crippen molar-refractivity contribution in [1.29, 1.82) is 0 Å². The van der Waals surface area contributed by atoms with Crippen LogP contribution in [0, 0.1) is 5.92 Å². The second-order valence-corrected chi connectivity index (χ2v) is 9.24. The third-order valence-electron chi connectivity index (χ3n) is 7.17. The van der Waals surface area contributed by atoms with Gasteiger partial charge in [0.1, 0.15) is 0 Å². The molecular weight excluding hydrogens is 406 g/mol. The van der Waals surface area contributed by atoms with Gasteiger partial charge in [-0.2, -0.15) is 0 Å². The van der Waals surface area contributed by atoms with Crippen LogP contribution in [0.5, 0.6) is 0 Å². The first-order chi connectivity index (χ1) is 16.1. The van der Waals surface area contributed by atoms with Crippen molar-refractivity contribution in [1.82, 2.24) is 4.90 Å². The Morgan fingerprint density at radius 2 is 1.39 bits per heavy atom. The SMILES string of the molecule is NCCc1ccc(CCN2CCC(C(CC(N)=O)(c3ccccc3)c3ccccc3)C2)cc1. The summed E-state index contributed by atoms with van der Waals surface area (Å²) in [6, 6.07) is 29.8. The first kappa shape index (κ1) is 23.2. The van der Waals surface area contributed by atoms with Crippen molar-refractivity contribution in [3.05, 3.63) is 107 Å². The van der Waals surface area contributed by atoms with Gasteiger partial charge in [-0.05, 0) is 60.5 Å². The summed E-state index contributed by atoms with van der Waals surface area (Å²) in [6.45, 7) is 3.70. The number of primary amides is 1. The van der Waals surface area contributed by atoms with Crippen LogP contribution in [0.25, 0.3) is 0 Å². The van der Waals surface area contributed by atoms with Crippen molar-refractivity contribution in [3.63, 3.8) is 0 Å². The van der Waals surface area contributed by atoms with E-state index < -0.39 is 5.41 Å². The van der Waals surface area contributed by atoms with E-state index in [-0.39, 0.29) is 5.91 Å². The molecule has 3 aromatic rings. The third-order valence-corrected chi connectivity index (χ3v) is 7.17. The minimum absolute atomic E-state index is 0.251. The number of hydrogen-bond donors (Lipinski definition) is 2. The Morgan fingerprint density at radius 3 is 1.91 bits per heavy atom.